The van der Waals surface area contributed by atoms with Crippen LogP contribution in [0, 0.1) is 6.92 Å². The third kappa shape index (κ3) is 3.18. The summed E-state index contributed by atoms with van der Waals surface area (Å²) in [5.41, 5.74) is 2.68. The van der Waals surface area contributed by atoms with Crippen LogP contribution in [0.5, 0.6) is 0 Å². The highest BCUT2D eigenvalue weighted by Gasteiger charge is 2.23. The van der Waals surface area contributed by atoms with Crippen molar-refractivity contribution in [2.45, 2.75) is 24.9 Å². The third-order valence-corrected chi connectivity index (χ3v) is 4.88. The fraction of sp³-hybridized carbons (Fsp3) is 0.400. The fourth-order valence-electron chi connectivity index (χ4n) is 1.68. The zero-order valence-electron chi connectivity index (χ0n) is 10.6. The molecule has 0 fully saturated rings. The van der Waals surface area contributed by atoms with Gasteiger partial charge in [-0.3, -0.25) is 10.1 Å². The number of aryl methyl sites for hydroxylation is 1. The van der Waals surface area contributed by atoms with Gasteiger partial charge in [-0.1, -0.05) is 0 Å². The van der Waals surface area contributed by atoms with E-state index in [-0.39, 0.29) is 11.4 Å². The molecule has 2 rings (SSSR count). The SMILES string of the molecule is CNCc1n[nH]c(C)c1S(=O)(=O)NCc1cncs1. The monoisotopic (exact) mass is 301 g/mol. The highest BCUT2D eigenvalue weighted by Crippen LogP contribution is 2.18. The molecule has 2 heterocycles. The first kappa shape index (κ1) is 14.1. The maximum atomic E-state index is 12.3. The van der Waals surface area contributed by atoms with Gasteiger partial charge in [-0.15, -0.1) is 11.3 Å². The maximum Gasteiger partial charge on any atom is 0.244 e. The van der Waals surface area contributed by atoms with Crippen LogP contribution in [0.4, 0.5) is 0 Å². The van der Waals surface area contributed by atoms with Gasteiger partial charge in [0.1, 0.15) is 4.90 Å². The van der Waals surface area contributed by atoms with E-state index in [1.165, 1.54) is 11.3 Å². The van der Waals surface area contributed by atoms with E-state index < -0.39 is 10.0 Å². The summed E-state index contributed by atoms with van der Waals surface area (Å²) < 4.78 is 27.1. The van der Waals surface area contributed by atoms with Crippen LogP contribution in [0.3, 0.4) is 0 Å². The Labute approximate surface area is 115 Å². The van der Waals surface area contributed by atoms with Crippen LogP contribution in [0.15, 0.2) is 16.6 Å². The van der Waals surface area contributed by atoms with Crippen molar-refractivity contribution in [1.29, 1.82) is 0 Å². The molecule has 0 radical (unpaired) electrons. The van der Waals surface area contributed by atoms with E-state index in [1.807, 2.05) is 0 Å². The van der Waals surface area contributed by atoms with Gasteiger partial charge in [-0.05, 0) is 14.0 Å². The molecule has 9 heteroatoms. The van der Waals surface area contributed by atoms with Crippen molar-refractivity contribution in [3.63, 3.8) is 0 Å². The van der Waals surface area contributed by atoms with Gasteiger partial charge in [-0.25, -0.2) is 13.1 Å². The quantitative estimate of drug-likeness (QED) is 0.716. The molecule has 7 nitrogen and oxygen atoms in total. The highest BCUT2D eigenvalue weighted by molar-refractivity contribution is 7.89. The van der Waals surface area contributed by atoms with Gasteiger partial charge in [0.05, 0.1) is 16.9 Å². The molecule has 19 heavy (non-hydrogen) atoms. The molecule has 104 valence electrons. The third-order valence-electron chi connectivity index (χ3n) is 2.49. The van der Waals surface area contributed by atoms with Crippen LogP contribution >= 0.6 is 11.3 Å². The summed E-state index contributed by atoms with van der Waals surface area (Å²) in [6.07, 6.45) is 1.64. The standard InChI is InChI=1S/C10H15N5O2S2/c1-7-10(9(5-11-2)15-14-7)19(16,17)13-4-8-3-12-6-18-8/h3,6,11,13H,4-5H2,1-2H3,(H,14,15). The number of hydrogen-bond acceptors (Lipinski definition) is 6. The highest BCUT2D eigenvalue weighted by atomic mass is 32.2. The Morgan fingerprint density at radius 2 is 2.21 bits per heavy atom. The Kier molecular flexibility index (Phi) is 4.30. The minimum Gasteiger partial charge on any atom is -0.314 e. The summed E-state index contributed by atoms with van der Waals surface area (Å²) in [7, 11) is -1.84. The van der Waals surface area contributed by atoms with E-state index in [9.17, 15) is 8.42 Å². The minimum atomic E-state index is -3.58. The van der Waals surface area contributed by atoms with Crippen LogP contribution in [-0.4, -0.2) is 30.6 Å². The van der Waals surface area contributed by atoms with Crippen LogP contribution in [0.2, 0.25) is 0 Å². The number of rotatable bonds is 6. The summed E-state index contributed by atoms with van der Waals surface area (Å²) in [5, 5.41) is 9.60. The predicted octanol–water partition coefficient (Wildman–Crippen LogP) is 0.373. The van der Waals surface area contributed by atoms with Gasteiger partial charge < -0.3 is 5.32 Å². The second-order valence-electron chi connectivity index (χ2n) is 3.95. The topological polar surface area (TPSA) is 99.8 Å². The average molecular weight is 301 g/mol. The summed E-state index contributed by atoms with van der Waals surface area (Å²) in [5.74, 6) is 0. The lowest BCUT2D eigenvalue weighted by Crippen LogP contribution is -2.25. The molecule has 2 aromatic heterocycles. The molecule has 0 bridgehead atoms. The minimum absolute atomic E-state index is 0.214. The number of aromatic nitrogens is 3. The first-order valence-electron chi connectivity index (χ1n) is 5.60. The first-order valence-corrected chi connectivity index (χ1v) is 7.96. The lowest BCUT2D eigenvalue weighted by atomic mass is 10.4. The van der Waals surface area contributed by atoms with E-state index in [0.717, 1.165) is 4.88 Å². The van der Waals surface area contributed by atoms with Gasteiger partial charge in [0.15, 0.2) is 0 Å². The largest absolute Gasteiger partial charge is 0.314 e. The predicted molar refractivity (Wildman–Crippen MR) is 72.2 cm³/mol. The second kappa shape index (κ2) is 5.78. The maximum absolute atomic E-state index is 12.3. The number of H-pyrrole nitrogens is 1. The van der Waals surface area contributed by atoms with Gasteiger partial charge in [0.25, 0.3) is 0 Å². The van der Waals surface area contributed by atoms with Crippen LogP contribution in [0.1, 0.15) is 16.3 Å². The molecule has 0 atom stereocenters. The molecule has 2 aromatic rings. The summed E-state index contributed by atoms with van der Waals surface area (Å²) in [4.78, 5) is 4.98. The molecule has 0 aliphatic rings. The number of hydrogen-bond donors (Lipinski definition) is 3. The number of nitrogens with one attached hydrogen (secondary N) is 3. The Balaban J connectivity index is 2.21. The molecular formula is C10H15N5O2S2. The molecule has 0 saturated carbocycles. The van der Waals surface area contributed by atoms with E-state index in [1.54, 1.807) is 25.7 Å². The van der Waals surface area contributed by atoms with Crippen molar-refractivity contribution < 1.29 is 8.42 Å². The summed E-state index contributed by atoms with van der Waals surface area (Å²) >= 11 is 1.41. The van der Waals surface area contributed by atoms with Crippen molar-refractivity contribution in [2.75, 3.05) is 7.05 Å². The number of nitrogens with zero attached hydrogens (tertiary/aromatic N) is 2. The van der Waals surface area contributed by atoms with Crippen LogP contribution in [-0.2, 0) is 23.1 Å². The molecule has 0 unspecified atom stereocenters. The number of thiazole rings is 1. The Morgan fingerprint density at radius 3 is 2.84 bits per heavy atom. The van der Waals surface area contributed by atoms with Crippen LogP contribution < -0.4 is 10.0 Å². The van der Waals surface area contributed by atoms with E-state index >= 15 is 0 Å². The van der Waals surface area contributed by atoms with Crippen molar-refractivity contribution in [3.8, 4) is 0 Å². The second-order valence-corrected chi connectivity index (χ2v) is 6.62. The summed E-state index contributed by atoms with van der Waals surface area (Å²) in [6.45, 7) is 2.31. The fourth-order valence-corrected chi connectivity index (χ4v) is 3.67. The molecule has 0 amide bonds. The normalized spacial score (nSPS) is 11.9. The molecule has 0 aliphatic carbocycles. The molecule has 0 saturated heterocycles. The zero-order valence-corrected chi connectivity index (χ0v) is 12.2. The van der Waals surface area contributed by atoms with Crippen molar-refractivity contribution >= 4 is 21.4 Å². The van der Waals surface area contributed by atoms with Crippen molar-refractivity contribution in [1.82, 2.24) is 25.2 Å². The summed E-state index contributed by atoms with van der Waals surface area (Å²) in [6, 6.07) is 0. The van der Waals surface area contributed by atoms with Crippen LogP contribution in [0.25, 0.3) is 0 Å². The van der Waals surface area contributed by atoms with E-state index in [0.29, 0.717) is 17.9 Å². The zero-order chi connectivity index (χ0) is 13.9. The number of sulfonamides is 1. The first-order chi connectivity index (χ1) is 9.04. The molecular weight excluding hydrogens is 286 g/mol. The van der Waals surface area contributed by atoms with E-state index in [2.05, 4.69) is 25.2 Å². The van der Waals surface area contributed by atoms with Crippen molar-refractivity contribution in [2.24, 2.45) is 0 Å². The van der Waals surface area contributed by atoms with Gasteiger partial charge in [0.2, 0.25) is 10.0 Å². The Morgan fingerprint density at radius 1 is 1.42 bits per heavy atom. The molecule has 0 spiro atoms. The van der Waals surface area contributed by atoms with E-state index in [4.69, 9.17) is 0 Å². The molecule has 3 N–H and O–H groups in total. The molecule has 0 aliphatic heterocycles. The Bertz CT molecular complexity index is 633. The lowest BCUT2D eigenvalue weighted by molar-refractivity contribution is 0.579. The van der Waals surface area contributed by atoms with Gasteiger partial charge in [0, 0.05) is 24.2 Å². The molecule has 0 aromatic carbocycles. The Hall–Kier alpha value is -1.29. The van der Waals surface area contributed by atoms with Gasteiger partial charge in [-0.2, -0.15) is 5.10 Å². The lowest BCUT2D eigenvalue weighted by Gasteiger charge is -2.06. The average Bonchev–Trinajstić information content (AvgIpc) is 2.97. The smallest absolute Gasteiger partial charge is 0.244 e. The van der Waals surface area contributed by atoms with Crippen molar-refractivity contribution in [3.05, 3.63) is 28.0 Å². The number of aromatic amines is 1. The van der Waals surface area contributed by atoms with Gasteiger partial charge >= 0.3 is 0 Å².